The first kappa shape index (κ1) is 17.6. The first-order chi connectivity index (χ1) is 9.27. The zero-order chi connectivity index (χ0) is 14.5. The number of ether oxygens (including phenoxy) is 2. The predicted octanol–water partition coefficient (Wildman–Crippen LogP) is 2.97. The Balaban J connectivity index is 0.00000154. The number of rotatable bonds is 7. The average molecular weight is 266 g/mol. The van der Waals surface area contributed by atoms with Crippen LogP contribution in [0.1, 0.15) is 33.3 Å². The first-order valence-electron chi connectivity index (χ1n) is 6.84. The highest BCUT2D eigenvalue weighted by Crippen LogP contribution is 2.02. The highest BCUT2D eigenvalue weighted by atomic mass is 16.7. The second-order valence-electron chi connectivity index (χ2n) is 3.47. The minimum atomic E-state index is -0.534. The molecule has 0 bridgehead atoms. The molecule has 0 aliphatic heterocycles. The van der Waals surface area contributed by atoms with Crippen LogP contribution in [0, 0.1) is 0 Å². The van der Waals surface area contributed by atoms with E-state index in [0.717, 1.165) is 5.56 Å². The number of hydrogen-bond donors (Lipinski definition) is 1. The summed E-state index contributed by atoms with van der Waals surface area (Å²) in [5.41, 5.74) is 6.95. The number of nitrogens with two attached hydrogens (primary N) is 1. The molecule has 0 atom stereocenters. The minimum absolute atomic E-state index is 0.387. The van der Waals surface area contributed by atoms with Gasteiger partial charge in [-0.15, -0.1) is 0 Å². The molecule has 0 saturated heterocycles. The van der Waals surface area contributed by atoms with E-state index in [-0.39, 0.29) is 0 Å². The van der Waals surface area contributed by atoms with Gasteiger partial charge in [-0.05, 0) is 19.4 Å². The van der Waals surface area contributed by atoms with Crippen LogP contribution >= 0.6 is 0 Å². The van der Waals surface area contributed by atoms with Crippen molar-refractivity contribution in [3.8, 4) is 0 Å². The third-order valence-electron chi connectivity index (χ3n) is 2.16. The molecule has 19 heavy (non-hydrogen) atoms. The maximum absolute atomic E-state index is 5.84. The van der Waals surface area contributed by atoms with E-state index < -0.39 is 6.29 Å². The van der Waals surface area contributed by atoms with Gasteiger partial charge in [0.15, 0.2) is 5.84 Å². The van der Waals surface area contributed by atoms with Gasteiger partial charge >= 0.3 is 0 Å². The Hall–Kier alpha value is -1.39. The van der Waals surface area contributed by atoms with Crippen LogP contribution in [0.3, 0.4) is 0 Å². The summed E-state index contributed by atoms with van der Waals surface area (Å²) in [6.07, 6.45) is -0.534. The summed E-state index contributed by atoms with van der Waals surface area (Å²) in [7, 11) is 0. The number of hydrogen-bond acceptors (Lipinski definition) is 3. The van der Waals surface area contributed by atoms with Gasteiger partial charge < -0.3 is 15.2 Å². The SMILES string of the molecule is CC.CCOC(OCC)C(N)=NCc1ccccc1. The highest BCUT2D eigenvalue weighted by molar-refractivity contribution is 5.83. The molecule has 0 aromatic heterocycles. The molecule has 0 amide bonds. The van der Waals surface area contributed by atoms with Crippen LogP contribution in [0.4, 0.5) is 0 Å². The molecule has 108 valence electrons. The fourth-order valence-electron chi connectivity index (χ4n) is 1.36. The van der Waals surface area contributed by atoms with Crippen molar-refractivity contribution in [3.05, 3.63) is 35.9 Å². The smallest absolute Gasteiger partial charge is 0.216 e. The molecule has 4 nitrogen and oxygen atoms in total. The topological polar surface area (TPSA) is 56.8 Å². The molecule has 0 fully saturated rings. The number of amidine groups is 1. The molecule has 0 aliphatic rings. The van der Waals surface area contributed by atoms with Crippen molar-refractivity contribution >= 4 is 5.84 Å². The van der Waals surface area contributed by atoms with Gasteiger partial charge in [0.25, 0.3) is 0 Å². The summed E-state index contributed by atoms with van der Waals surface area (Å²) < 4.78 is 10.7. The molecule has 4 heteroatoms. The molecule has 1 aromatic rings. The van der Waals surface area contributed by atoms with Crippen LogP contribution in [0.25, 0.3) is 0 Å². The zero-order valence-corrected chi connectivity index (χ0v) is 12.4. The summed E-state index contributed by atoms with van der Waals surface area (Å²) in [6.45, 7) is 9.44. The lowest BCUT2D eigenvalue weighted by molar-refractivity contribution is -0.0907. The van der Waals surface area contributed by atoms with Crippen LogP contribution in [-0.2, 0) is 16.0 Å². The van der Waals surface area contributed by atoms with Gasteiger partial charge in [-0.2, -0.15) is 0 Å². The fraction of sp³-hybridized carbons (Fsp3) is 0.533. The van der Waals surface area contributed by atoms with E-state index in [1.165, 1.54) is 0 Å². The van der Waals surface area contributed by atoms with Gasteiger partial charge in [-0.25, -0.2) is 0 Å². The third-order valence-corrected chi connectivity index (χ3v) is 2.16. The third kappa shape index (κ3) is 7.59. The monoisotopic (exact) mass is 266 g/mol. The molecule has 0 unspecified atom stereocenters. The van der Waals surface area contributed by atoms with Crippen LogP contribution in [0.5, 0.6) is 0 Å². The Bertz CT molecular complexity index is 333. The molecule has 1 aromatic carbocycles. The Morgan fingerprint density at radius 3 is 2.11 bits per heavy atom. The predicted molar refractivity (Wildman–Crippen MR) is 80.2 cm³/mol. The van der Waals surface area contributed by atoms with E-state index in [9.17, 15) is 0 Å². The normalized spacial score (nSPS) is 11.1. The maximum Gasteiger partial charge on any atom is 0.216 e. The van der Waals surface area contributed by atoms with E-state index in [0.29, 0.717) is 25.6 Å². The van der Waals surface area contributed by atoms with Gasteiger partial charge in [0, 0.05) is 13.2 Å². The summed E-state index contributed by atoms with van der Waals surface area (Å²) in [5.74, 6) is 0.387. The molecular weight excluding hydrogens is 240 g/mol. The van der Waals surface area contributed by atoms with Gasteiger partial charge in [0.2, 0.25) is 6.29 Å². The fourth-order valence-corrected chi connectivity index (χ4v) is 1.36. The van der Waals surface area contributed by atoms with Crippen LogP contribution in [-0.4, -0.2) is 25.3 Å². The lowest BCUT2D eigenvalue weighted by atomic mass is 10.2. The van der Waals surface area contributed by atoms with Crippen molar-refractivity contribution < 1.29 is 9.47 Å². The summed E-state index contributed by atoms with van der Waals surface area (Å²) in [4.78, 5) is 4.28. The van der Waals surface area contributed by atoms with Gasteiger partial charge in [0.1, 0.15) is 0 Å². The second kappa shape index (κ2) is 11.7. The highest BCUT2D eigenvalue weighted by Gasteiger charge is 2.12. The van der Waals surface area contributed by atoms with Crippen molar-refractivity contribution in [1.82, 2.24) is 0 Å². The van der Waals surface area contributed by atoms with Crippen molar-refractivity contribution in [2.45, 2.75) is 40.5 Å². The van der Waals surface area contributed by atoms with Crippen LogP contribution < -0.4 is 5.73 Å². The quantitative estimate of drug-likeness (QED) is 0.469. The van der Waals surface area contributed by atoms with Crippen molar-refractivity contribution in [2.75, 3.05) is 13.2 Å². The largest absolute Gasteiger partial charge is 0.383 e. The first-order valence-corrected chi connectivity index (χ1v) is 6.84. The van der Waals surface area contributed by atoms with Crippen LogP contribution in [0.15, 0.2) is 35.3 Å². The minimum Gasteiger partial charge on any atom is -0.383 e. The van der Waals surface area contributed by atoms with Crippen molar-refractivity contribution in [2.24, 2.45) is 10.7 Å². The molecule has 2 N–H and O–H groups in total. The van der Waals surface area contributed by atoms with E-state index in [1.807, 2.05) is 58.0 Å². The molecule has 0 saturated carbocycles. The summed E-state index contributed by atoms with van der Waals surface area (Å²) >= 11 is 0. The van der Waals surface area contributed by atoms with Crippen LogP contribution in [0.2, 0.25) is 0 Å². The Morgan fingerprint density at radius 2 is 1.63 bits per heavy atom. The standard InChI is InChI=1S/C13H20N2O2.C2H6/c1-3-16-13(17-4-2)12(14)15-10-11-8-6-5-7-9-11;1-2/h5-9,13H,3-4,10H2,1-2H3,(H2,14,15);1-2H3. The lowest BCUT2D eigenvalue weighted by Crippen LogP contribution is -2.34. The number of nitrogens with zero attached hydrogens (tertiary/aromatic N) is 1. The van der Waals surface area contributed by atoms with E-state index in [2.05, 4.69) is 4.99 Å². The lowest BCUT2D eigenvalue weighted by Gasteiger charge is -2.16. The maximum atomic E-state index is 5.84. The molecule has 0 aliphatic carbocycles. The van der Waals surface area contributed by atoms with E-state index in [4.69, 9.17) is 15.2 Å². The number of benzene rings is 1. The van der Waals surface area contributed by atoms with Gasteiger partial charge in [-0.1, -0.05) is 44.2 Å². The van der Waals surface area contributed by atoms with E-state index in [1.54, 1.807) is 0 Å². The Kier molecular flexibility index (Phi) is 10.8. The van der Waals surface area contributed by atoms with Gasteiger partial charge in [0.05, 0.1) is 6.54 Å². The zero-order valence-electron chi connectivity index (χ0n) is 12.4. The average Bonchev–Trinajstić information content (AvgIpc) is 2.48. The van der Waals surface area contributed by atoms with E-state index >= 15 is 0 Å². The molecule has 0 spiro atoms. The Labute approximate surface area is 116 Å². The summed E-state index contributed by atoms with van der Waals surface area (Å²) in [6, 6.07) is 9.94. The van der Waals surface area contributed by atoms with Crippen molar-refractivity contribution in [1.29, 1.82) is 0 Å². The second-order valence-corrected chi connectivity index (χ2v) is 3.47. The van der Waals surface area contributed by atoms with Gasteiger partial charge in [-0.3, -0.25) is 4.99 Å². The number of aliphatic imine (C=N–C) groups is 1. The van der Waals surface area contributed by atoms with Crippen molar-refractivity contribution in [3.63, 3.8) is 0 Å². The molecule has 0 heterocycles. The molecular formula is C15H26N2O2. The summed E-state index contributed by atoms with van der Waals surface area (Å²) in [5, 5.41) is 0. The Morgan fingerprint density at radius 1 is 1.11 bits per heavy atom. The molecule has 1 rings (SSSR count). The molecule has 0 radical (unpaired) electrons.